The molecule has 1 heterocycles. The third-order valence-electron chi connectivity index (χ3n) is 3.83. The standard InChI is InChI=1S/C15H19F2NO2/c1-20-13(14(16)17)11-7-9-18(10-8-11)15(19)12-5-3-2-4-6-12/h2-6,11,13-14H,7-10H2,1H3. The van der Waals surface area contributed by atoms with Crippen LogP contribution in [0.25, 0.3) is 0 Å². The van der Waals surface area contributed by atoms with Gasteiger partial charge in [0.1, 0.15) is 6.10 Å². The average Bonchev–Trinajstić information content (AvgIpc) is 2.48. The van der Waals surface area contributed by atoms with Crippen molar-refractivity contribution in [2.75, 3.05) is 20.2 Å². The molecule has 0 aromatic heterocycles. The zero-order valence-electron chi connectivity index (χ0n) is 11.5. The number of hydrogen-bond donors (Lipinski definition) is 0. The Labute approximate surface area is 117 Å². The highest BCUT2D eigenvalue weighted by molar-refractivity contribution is 5.94. The lowest BCUT2D eigenvalue weighted by Crippen LogP contribution is -2.43. The van der Waals surface area contributed by atoms with Gasteiger partial charge in [-0.2, -0.15) is 0 Å². The molecule has 1 saturated heterocycles. The Kier molecular flexibility index (Phi) is 5.06. The van der Waals surface area contributed by atoms with Crippen molar-refractivity contribution in [3.63, 3.8) is 0 Å². The van der Waals surface area contributed by atoms with E-state index in [9.17, 15) is 13.6 Å². The summed E-state index contributed by atoms with van der Waals surface area (Å²) in [5.74, 6) is -0.213. The van der Waals surface area contributed by atoms with E-state index in [1.54, 1.807) is 17.0 Å². The van der Waals surface area contributed by atoms with Gasteiger partial charge in [0.05, 0.1) is 0 Å². The molecule has 1 aliphatic rings. The Balaban J connectivity index is 1.93. The minimum absolute atomic E-state index is 0.0323. The van der Waals surface area contributed by atoms with Crippen LogP contribution in [0, 0.1) is 5.92 Å². The molecule has 0 saturated carbocycles. The third-order valence-corrected chi connectivity index (χ3v) is 3.83. The molecule has 1 aromatic carbocycles. The number of carbonyl (C=O) groups is 1. The molecular formula is C15H19F2NO2. The number of alkyl halides is 2. The lowest BCUT2D eigenvalue weighted by Gasteiger charge is -2.35. The van der Waals surface area contributed by atoms with Gasteiger partial charge >= 0.3 is 0 Å². The van der Waals surface area contributed by atoms with Gasteiger partial charge in [-0.15, -0.1) is 0 Å². The number of likely N-dealkylation sites (tertiary alicyclic amines) is 1. The molecule has 1 aliphatic heterocycles. The summed E-state index contributed by atoms with van der Waals surface area (Å²) in [4.78, 5) is 14.0. The molecule has 0 bridgehead atoms. The predicted octanol–water partition coefficient (Wildman–Crippen LogP) is 2.82. The summed E-state index contributed by atoms with van der Waals surface area (Å²) < 4.78 is 30.5. The summed E-state index contributed by atoms with van der Waals surface area (Å²) >= 11 is 0. The van der Waals surface area contributed by atoms with Crippen LogP contribution in [-0.2, 0) is 4.74 Å². The van der Waals surface area contributed by atoms with Crippen LogP contribution in [0.2, 0.25) is 0 Å². The van der Waals surface area contributed by atoms with Crippen LogP contribution in [-0.4, -0.2) is 43.5 Å². The molecule has 1 amide bonds. The number of rotatable bonds is 4. The topological polar surface area (TPSA) is 29.5 Å². The maximum absolute atomic E-state index is 12.8. The number of nitrogens with zero attached hydrogens (tertiary/aromatic N) is 1. The average molecular weight is 283 g/mol. The van der Waals surface area contributed by atoms with Gasteiger partial charge in [0.2, 0.25) is 0 Å². The summed E-state index contributed by atoms with van der Waals surface area (Å²) in [6, 6.07) is 9.03. The highest BCUT2D eigenvalue weighted by atomic mass is 19.3. The van der Waals surface area contributed by atoms with Gasteiger partial charge in [0, 0.05) is 25.8 Å². The Morgan fingerprint density at radius 2 is 1.85 bits per heavy atom. The molecule has 0 N–H and O–H groups in total. The van der Waals surface area contributed by atoms with Crippen LogP contribution in [0.15, 0.2) is 30.3 Å². The highest BCUT2D eigenvalue weighted by Gasteiger charge is 2.33. The van der Waals surface area contributed by atoms with Gasteiger partial charge in [-0.25, -0.2) is 8.78 Å². The molecule has 0 spiro atoms. The van der Waals surface area contributed by atoms with Crippen molar-refractivity contribution < 1.29 is 18.3 Å². The van der Waals surface area contributed by atoms with Crippen molar-refractivity contribution in [3.05, 3.63) is 35.9 Å². The van der Waals surface area contributed by atoms with Crippen molar-refractivity contribution in [2.45, 2.75) is 25.4 Å². The molecule has 1 atom stereocenters. The Morgan fingerprint density at radius 1 is 1.25 bits per heavy atom. The van der Waals surface area contributed by atoms with Crippen molar-refractivity contribution in [1.29, 1.82) is 0 Å². The zero-order valence-corrected chi connectivity index (χ0v) is 11.5. The second-order valence-corrected chi connectivity index (χ2v) is 5.03. The van der Waals surface area contributed by atoms with Crippen molar-refractivity contribution in [1.82, 2.24) is 4.90 Å². The molecule has 3 nitrogen and oxygen atoms in total. The highest BCUT2D eigenvalue weighted by Crippen LogP contribution is 2.26. The Morgan fingerprint density at radius 3 is 2.35 bits per heavy atom. The first-order chi connectivity index (χ1) is 9.63. The van der Waals surface area contributed by atoms with Gasteiger partial charge < -0.3 is 9.64 Å². The SMILES string of the molecule is COC(C(F)F)C1CCN(C(=O)c2ccccc2)CC1. The maximum atomic E-state index is 12.8. The number of amides is 1. The van der Waals surface area contributed by atoms with E-state index >= 15 is 0 Å². The van der Waals surface area contributed by atoms with Crippen LogP contribution in [0.4, 0.5) is 8.78 Å². The van der Waals surface area contributed by atoms with E-state index in [-0.39, 0.29) is 11.8 Å². The minimum Gasteiger partial charge on any atom is -0.375 e. The van der Waals surface area contributed by atoms with E-state index in [0.717, 1.165) is 0 Å². The molecule has 0 aliphatic carbocycles. The van der Waals surface area contributed by atoms with Crippen LogP contribution in [0.1, 0.15) is 23.2 Å². The van der Waals surface area contributed by atoms with E-state index in [1.165, 1.54) is 7.11 Å². The predicted molar refractivity (Wildman–Crippen MR) is 71.9 cm³/mol. The molecule has 110 valence electrons. The van der Waals surface area contributed by atoms with Crippen LogP contribution in [0.3, 0.4) is 0 Å². The van der Waals surface area contributed by atoms with Gasteiger partial charge in [-0.1, -0.05) is 18.2 Å². The number of hydrogen-bond acceptors (Lipinski definition) is 2. The summed E-state index contributed by atoms with van der Waals surface area (Å²) in [5.41, 5.74) is 0.642. The molecule has 1 fully saturated rings. The number of halogens is 2. The first-order valence-electron chi connectivity index (χ1n) is 6.78. The van der Waals surface area contributed by atoms with Crippen molar-refractivity contribution in [2.24, 2.45) is 5.92 Å². The first-order valence-corrected chi connectivity index (χ1v) is 6.78. The van der Waals surface area contributed by atoms with E-state index in [0.29, 0.717) is 31.5 Å². The smallest absolute Gasteiger partial charge is 0.264 e. The fraction of sp³-hybridized carbons (Fsp3) is 0.533. The summed E-state index contributed by atoms with van der Waals surface area (Å²) in [7, 11) is 1.32. The van der Waals surface area contributed by atoms with Gasteiger partial charge in [-0.3, -0.25) is 4.79 Å². The fourth-order valence-corrected chi connectivity index (χ4v) is 2.70. The Bertz CT molecular complexity index is 431. The lowest BCUT2D eigenvalue weighted by molar-refractivity contribution is -0.0752. The normalized spacial score (nSPS) is 18.3. The summed E-state index contributed by atoms with van der Waals surface area (Å²) in [5, 5.41) is 0. The molecule has 20 heavy (non-hydrogen) atoms. The molecule has 1 aromatic rings. The van der Waals surface area contributed by atoms with E-state index < -0.39 is 12.5 Å². The lowest BCUT2D eigenvalue weighted by atomic mass is 9.91. The van der Waals surface area contributed by atoms with E-state index in [4.69, 9.17) is 4.74 Å². The molecule has 0 radical (unpaired) electrons. The second-order valence-electron chi connectivity index (χ2n) is 5.03. The first kappa shape index (κ1) is 14.9. The monoisotopic (exact) mass is 283 g/mol. The fourth-order valence-electron chi connectivity index (χ4n) is 2.70. The van der Waals surface area contributed by atoms with Crippen LogP contribution >= 0.6 is 0 Å². The van der Waals surface area contributed by atoms with E-state index in [2.05, 4.69) is 0 Å². The maximum Gasteiger partial charge on any atom is 0.264 e. The second kappa shape index (κ2) is 6.79. The molecule has 1 unspecified atom stereocenters. The number of piperidine rings is 1. The number of ether oxygens (including phenoxy) is 1. The third kappa shape index (κ3) is 3.33. The number of benzene rings is 1. The van der Waals surface area contributed by atoms with Crippen LogP contribution in [0.5, 0.6) is 0 Å². The number of methoxy groups -OCH3 is 1. The largest absolute Gasteiger partial charge is 0.375 e. The van der Waals surface area contributed by atoms with Crippen molar-refractivity contribution >= 4 is 5.91 Å². The quantitative estimate of drug-likeness (QED) is 0.850. The summed E-state index contributed by atoms with van der Waals surface area (Å²) in [6.07, 6.45) is -2.38. The number of carbonyl (C=O) groups excluding carboxylic acids is 1. The molecule has 2 rings (SSSR count). The van der Waals surface area contributed by atoms with Gasteiger partial charge in [0.15, 0.2) is 0 Å². The van der Waals surface area contributed by atoms with Crippen molar-refractivity contribution in [3.8, 4) is 0 Å². The van der Waals surface area contributed by atoms with Gasteiger partial charge in [-0.05, 0) is 30.9 Å². The summed E-state index contributed by atoms with van der Waals surface area (Å²) in [6.45, 7) is 1.01. The van der Waals surface area contributed by atoms with Crippen LogP contribution < -0.4 is 0 Å². The van der Waals surface area contributed by atoms with Gasteiger partial charge in [0.25, 0.3) is 12.3 Å². The minimum atomic E-state index is -2.47. The molecule has 5 heteroatoms. The molecular weight excluding hydrogens is 264 g/mol. The van der Waals surface area contributed by atoms with E-state index in [1.807, 2.05) is 18.2 Å². The Hall–Kier alpha value is -1.49. The zero-order chi connectivity index (χ0) is 14.5.